The first-order chi connectivity index (χ1) is 35.6. The van der Waals surface area contributed by atoms with E-state index in [0.29, 0.717) is 40.7 Å². The number of ether oxygens (including phenoxy) is 5. The third-order valence-electron chi connectivity index (χ3n) is 25.9. The fourth-order valence-electron chi connectivity index (χ4n) is 22.7. The van der Waals surface area contributed by atoms with Gasteiger partial charge >= 0.3 is 0 Å². The van der Waals surface area contributed by atoms with Crippen LogP contribution in [0.25, 0.3) is 0 Å². The first-order valence-electron chi connectivity index (χ1n) is 32.0. The molecule has 0 aromatic heterocycles. The number of rotatable bonds is 1. The quantitative estimate of drug-likeness (QED) is 0.200. The zero-order valence-corrected chi connectivity index (χ0v) is 46.8. The molecule has 3 saturated heterocycles. The number of hydrogen-bond acceptors (Lipinski definition) is 10. The summed E-state index contributed by atoms with van der Waals surface area (Å²) in [7, 11) is 0. The number of hydrogen-bond donors (Lipinski definition) is 4. The molecule has 10 nitrogen and oxygen atoms in total. The van der Waals surface area contributed by atoms with Crippen LogP contribution < -0.4 is 0 Å². The van der Waals surface area contributed by atoms with E-state index in [0.717, 1.165) is 161 Å². The van der Waals surface area contributed by atoms with Gasteiger partial charge in [-0.3, -0.25) is 4.79 Å². The van der Waals surface area contributed by atoms with Crippen LogP contribution in [0.1, 0.15) is 214 Å². The fraction of sp³-hybridized carbons (Fsp3) is 0.984. The van der Waals surface area contributed by atoms with E-state index in [2.05, 4.69) is 27.7 Å². The van der Waals surface area contributed by atoms with E-state index in [-0.39, 0.29) is 30.3 Å². The smallest absolute Gasteiger partial charge is 0.163 e. The Morgan fingerprint density at radius 2 is 0.932 bits per heavy atom. The Balaban J connectivity index is 0.000000108. The molecule has 0 radical (unpaired) electrons. The molecule has 15 aliphatic rings. The van der Waals surface area contributed by atoms with E-state index in [1.165, 1.54) is 128 Å². The number of aliphatic hydroxyl groups excluding tert-OH is 4. The van der Waals surface area contributed by atoms with Crippen molar-refractivity contribution in [2.75, 3.05) is 33.0 Å². The summed E-state index contributed by atoms with van der Waals surface area (Å²) in [5.74, 6) is 11.8. The van der Waals surface area contributed by atoms with Crippen molar-refractivity contribution >= 4 is 5.78 Å². The third kappa shape index (κ3) is 9.73. The van der Waals surface area contributed by atoms with Crippen LogP contribution in [0.2, 0.25) is 0 Å². The Hall–Kier alpha value is -0.690. The lowest BCUT2D eigenvalue weighted by atomic mass is 9.50. The monoisotopic (exact) mass is 1030 g/mol. The highest BCUT2D eigenvalue weighted by molar-refractivity contribution is 5.79. The first-order valence-corrected chi connectivity index (χ1v) is 32.0. The fourth-order valence-corrected chi connectivity index (χ4v) is 22.7. The van der Waals surface area contributed by atoms with Crippen LogP contribution >= 0.6 is 0 Å². The molecular weight excluding hydrogens is 929 g/mol. The standard InChI is InChI=1S/C21H34O3.C21H32O3.C18H30O3.C4H8O/c2*1-20(2)23-12-21-10-9-16-15-6-4-14(22)11-13(15)3-5-17(16)18(21)7-8-19(21)24-20;19-10-18-8-7-14-13-4-2-12(20)9-11(13)1-3-15(14)16(18)5-6-17(18)21;1-2-4-5-3-1/h13-19,22H,3-12H2,1-2H3;13,15-19H,3-12H2,1-2H3;11-17,19-21H,1-10H2;1-4H2/t13-,14-,15?,16?,17?,18?,19-,21+;13-,15?,16?,17?,18?,19-,21+;11-,12-,13?,14?,15?,16?,17-,18+;/m000./s1. The Bertz CT molecular complexity index is 1930. The molecule has 0 aromatic rings. The predicted octanol–water partition coefficient (Wildman–Crippen LogP) is 11.6. The largest absolute Gasteiger partial charge is 0.396 e. The van der Waals surface area contributed by atoms with Crippen LogP contribution in [0.4, 0.5) is 0 Å². The Labute approximate surface area is 447 Å². The number of carbonyl (C=O) groups excluding carboxylic acids is 1. The molecule has 74 heavy (non-hydrogen) atoms. The van der Waals surface area contributed by atoms with Crippen molar-refractivity contribution in [3.8, 4) is 0 Å². The van der Waals surface area contributed by atoms with Crippen molar-refractivity contribution in [3.05, 3.63) is 0 Å². The van der Waals surface area contributed by atoms with Gasteiger partial charge in [0.25, 0.3) is 0 Å². The van der Waals surface area contributed by atoms with Gasteiger partial charge in [0.05, 0.1) is 50.3 Å². The highest BCUT2D eigenvalue weighted by Gasteiger charge is 2.65. The van der Waals surface area contributed by atoms with Gasteiger partial charge in [-0.15, -0.1) is 0 Å². The van der Waals surface area contributed by atoms with Crippen LogP contribution in [0.3, 0.4) is 0 Å². The molecule has 2 spiro atoms. The lowest BCUT2D eigenvalue weighted by molar-refractivity contribution is -0.325. The van der Waals surface area contributed by atoms with Gasteiger partial charge in [-0.2, -0.15) is 0 Å². The number of aliphatic hydroxyl groups is 4. The van der Waals surface area contributed by atoms with E-state index in [4.69, 9.17) is 23.7 Å². The van der Waals surface area contributed by atoms with Crippen molar-refractivity contribution in [2.24, 2.45) is 105 Å². The molecular formula is C64H104O10. The molecule has 420 valence electrons. The van der Waals surface area contributed by atoms with Crippen molar-refractivity contribution in [1.29, 1.82) is 0 Å². The zero-order chi connectivity index (χ0) is 51.2. The summed E-state index contributed by atoms with van der Waals surface area (Å²) >= 11 is 0. The summed E-state index contributed by atoms with van der Waals surface area (Å²) in [5.41, 5.74) is 0.438. The summed E-state index contributed by atoms with van der Waals surface area (Å²) in [5, 5.41) is 40.4. The lowest BCUT2D eigenvalue weighted by Crippen LogP contribution is -2.58. The topological polar surface area (TPSA) is 144 Å². The molecule has 15 rings (SSSR count). The summed E-state index contributed by atoms with van der Waals surface area (Å²) in [4.78, 5) is 11.9. The molecule has 0 amide bonds. The summed E-state index contributed by atoms with van der Waals surface area (Å²) in [6, 6.07) is 0. The molecule has 23 atom stereocenters. The van der Waals surface area contributed by atoms with Crippen LogP contribution in [0.5, 0.6) is 0 Å². The molecule has 4 N–H and O–H groups in total. The van der Waals surface area contributed by atoms with Crippen LogP contribution in [-0.4, -0.2) is 101 Å². The Morgan fingerprint density at radius 3 is 1.43 bits per heavy atom. The Kier molecular flexibility index (Phi) is 15.5. The molecule has 3 heterocycles. The van der Waals surface area contributed by atoms with Gasteiger partial charge in [0, 0.05) is 42.3 Å². The van der Waals surface area contributed by atoms with Crippen molar-refractivity contribution in [3.63, 3.8) is 0 Å². The van der Waals surface area contributed by atoms with Gasteiger partial charge in [0.15, 0.2) is 11.6 Å². The van der Waals surface area contributed by atoms with E-state index in [1.54, 1.807) is 0 Å². The minimum atomic E-state index is -0.400. The second-order valence-corrected chi connectivity index (χ2v) is 29.7. The minimum absolute atomic E-state index is 0.0176. The van der Waals surface area contributed by atoms with Gasteiger partial charge in [-0.25, -0.2) is 0 Å². The molecule has 12 unspecified atom stereocenters. The number of Topliss-reactive ketones (excluding diaryl/α,β-unsaturated/α-hetero) is 1. The van der Waals surface area contributed by atoms with E-state index in [9.17, 15) is 25.2 Å². The van der Waals surface area contributed by atoms with Crippen molar-refractivity contribution < 1.29 is 48.9 Å². The average Bonchev–Trinajstić information content (AvgIpc) is 4.23. The third-order valence-corrected chi connectivity index (χ3v) is 25.9. The minimum Gasteiger partial charge on any atom is -0.396 e. The molecule has 10 heteroatoms. The maximum atomic E-state index is 11.9. The molecule has 15 fully saturated rings. The molecule has 12 aliphatic carbocycles. The SMILES string of the molecule is C1CCOC1.CC1(C)OC[C@]23CCC4C(CC[C@H]5CC(=O)CCC45)C2CC[C@@H]3O1.CC1(C)OC[C@]23CCC4C(CC[C@H]5C[C@@H](O)CCC45)C2CC[C@@H]3O1.OC[C@]12CCC3C(CC[C@H]4C[C@@H](O)CCC34)C1CC[C@@H]2O. The zero-order valence-electron chi connectivity index (χ0n) is 46.8. The molecule has 3 aliphatic heterocycles. The molecule has 0 bridgehead atoms. The van der Waals surface area contributed by atoms with Gasteiger partial charge in [-0.1, -0.05) is 0 Å². The molecule has 12 saturated carbocycles. The molecule has 0 aromatic carbocycles. The number of carbonyl (C=O) groups is 1. The lowest BCUT2D eigenvalue weighted by Gasteiger charge is -2.58. The van der Waals surface area contributed by atoms with Crippen LogP contribution in [0.15, 0.2) is 0 Å². The van der Waals surface area contributed by atoms with Crippen LogP contribution in [-0.2, 0) is 28.5 Å². The normalized spacial score (nSPS) is 52.9. The summed E-state index contributed by atoms with van der Waals surface area (Å²) in [6.07, 6.45) is 35.2. The highest BCUT2D eigenvalue weighted by atomic mass is 16.7. The highest BCUT2D eigenvalue weighted by Crippen LogP contribution is 2.67. The second kappa shape index (κ2) is 21.3. The van der Waals surface area contributed by atoms with E-state index in [1.807, 2.05) is 0 Å². The maximum absolute atomic E-state index is 11.9. The summed E-state index contributed by atoms with van der Waals surface area (Å²) in [6.45, 7) is 12.3. The van der Waals surface area contributed by atoms with E-state index < -0.39 is 11.6 Å². The second-order valence-electron chi connectivity index (χ2n) is 29.7. The van der Waals surface area contributed by atoms with Gasteiger partial charge < -0.3 is 44.1 Å². The van der Waals surface area contributed by atoms with Crippen molar-refractivity contribution in [1.82, 2.24) is 0 Å². The van der Waals surface area contributed by atoms with E-state index >= 15 is 0 Å². The maximum Gasteiger partial charge on any atom is 0.163 e. The average molecular weight is 1030 g/mol. The Morgan fingerprint density at radius 1 is 0.473 bits per heavy atom. The van der Waals surface area contributed by atoms with Gasteiger partial charge in [0.2, 0.25) is 0 Å². The number of fused-ring (bicyclic) bond motifs is 13. The number of ketones is 1. The first kappa shape index (κ1) is 53.9. The van der Waals surface area contributed by atoms with Crippen molar-refractivity contribution in [2.45, 2.75) is 256 Å². The summed E-state index contributed by atoms with van der Waals surface area (Å²) < 4.78 is 30.1. The van der Waals surface area contributed by atoms with Gasteiger partial charge in [0.1, 0.15) is 5.78 Å². The van der Waals surface area contributed by atoms with Crippen LogP contribution in [0, 0.1) is 105 Å². The van der Waals surface area contributed by atoms with Gasteiger partial charge in [-0.05, 0) is 290 Å². The predicted molar refractivity (Wildman–Crippen MR) is 284 cm³/mol.